The molecule has 1 saturated heterocycles. The first-order valence-corrected chi connectivity index (χ1v) is 12.0. The van der Waals surface area contributed by atoms with E-state index < -0.39 is 52.9 Å². The van der Waals surface area contributed by atoms with Crippen LogP contribution < -0.4 is 0 Å². The van der Waals surface area contributed by atoms with E-state index in [0.717, 1.165) is 30.6 Å². The van der Waals surface area contributed by atoms with Gasteiger partial charge in [0.05, 0.1) is 6.61 Å². The monoisotopic (exact) mass is 530 g/mol. The van der Waals surface area contributed by atoms with Crippen LogP contribution in [0.2, 0.25) is 0 Å². The van der Waals surface area contributed by atoms with Crippen molar-refractivity contribution >= 4 is 23.4 Å². The van der Waals surface area contributed by atoms with Crippen molar-refractivity contribution in [2.75, 3.05) is 13.7 Å². The fraction of sp³-hybridized carbons (Fsp3) is 0.542. The first-order valence-electron chi connectivity index (χ1n) is 11.1. The second kappa shape index (κ2) is 9.98. The highest BCUT2D eigenvalue weighted by Crippen LogP contribution is 2.45. The van der Waals surface area contributed by atoms with Gasteiger partial charge in [-0.1, -0.05) is 30.3 Å². The van der Waals surface area contributed by atoms with E-state index in [1.807, 2.05) is 0 Å². The molecule has 1 aliphatic rings. The molecule has 1 fully saturated rings. The molecular formula is C24H29F3N2O6S. The smallest absolute Gasteiger partial charge is 0.432 e. The fourth-order valence-corrected chi connectivity index (χ4v) is 4.70. The maximum atomic E-state index is 14.4. The van der Waals surface area contributed by atoms with Crippen molar-refractivity contribution in [2.45, 2.75) is 69.9 Å². The molecule has 1 aliphatic heterocycles. The summed E-state index contributed by atoms with van der Waals surface area (Å²) >= 11 is 1.06. The van der Waals surface area contributed by atoms with Crippen LogP contribution in [0.4, 0.5) is 18.0 Å². The van der Waals surface area contributed by atoms with Gasteiger partial charge in [0, 0.05) is 24.3 Å². The Morgan fingerprint density at radius 1 is 1.19 bits per heavy atom. The number of carbonyl (C=O) groups is 2. The van der Waals surface area contributed by atoms with Gasteiger partial charge in [-0.05, 0) is 34.6 Å². The van der Waals surface area contributed by atoms with Crippen molar-refractivity contribution in [1.29, 1.82) is 0 Å². The van der Waals surface area contributed by atoms with Crippen molar-refractivity contribution < 1.29 is 41.7 Å². The van der Waals surface area contributed by atoms with E-state index in [1.165, 1.54) is 29.3 Å². The zero-order valence-electron chi connectivity index (χ0n) is 20.8. The predicted molar refractivity (Wildman–Crippen MR) is 124 cm³/mol. The minimum atomic E-state index is -5.16. The lowest BCUT2D eigenvalue weighted by Crippen LogP contribution is -2.55. The first kappa shape index (κ1) is 27.9. The van der Waals surface area contributed by atoms with E-state index in [4.69, 9.17) is 18.9 Å². The third-order valence-corrected chi connectivity index (χ3v) is 6.40. The summed E-state index contributed by atoms with van der Waals surface area (Å²) in [5.41, 5.74) is -5.91. The molecule has 1 aromatic heterocycles. The van der Waals surface area contributed by atoms with Crippen molar-refractivity contribution in [3.05, 3.63) is 52.5 Å². The molecule has 12 heteroatoms. The number of esters is 1. The van der Waals surface area contributed by atoms with Gasteiger partial charge in [-0.2, -0.15) is 13.2 Å². The summed E-state index contributed by atoms with van der Waals surface area (Å²) in [5.74, 6) is -1.70. The largest absolute Gasteiger partial charge is 0.450 e. The summed E-state index contributed by atoms with van der Waals surface area (Å²) in [4.78, 5) is 31.9. The van der Waals surface area contributed by atoms with Crippen LogP contribution in [-0.4, -0.2) is 59.2 Å². The van der Waals surface area contributed by atoms with E-state index in [9.17, 15) is 22.8 Å². The van der Waals surface area contributed by atoms with Gasteiger partial charge in [0.25, 0.3) is 5.60 Å². The number of ether oxygens (including phenoxy) is 4. The second-order valence-electron chi connectivity index (χ2n) is 9.62. The molecule has 1 aromatic carbocycles. The Hall–Kier alpha value is -2.70. The van der Waals surface area contributed by atoms with E-state index in [0.29, 0.717) is 0 Å². The van der Waals surface area contributed by atoms with Gasteiger partial charge in [-0.3, -0.25) is 4.90 Å². The normalized spacial score (nSPS) is 20.5. The maximum Gasteiger partial charge on any atom is 0.432 e. The number of rotatable bonds is 6. The molecular weight excluding hydrogens is 501 g/mol. The number of carbonyl (C=O) groups excluding carboxylic acids is 2. The molecule has 0 bridgehead atoms. The van der Waals surface area contributed by atoms with Gasteiger partial charge in [-0.15, -0.1) is 11.3 Å². The number of aromatic nitrogens is 1. The van der Waals surface area contributed by atoms with Crippen LogP contribution in [0.25, 0.3) is 0 Å². The number of halogens is 3. The summed E-state index contributed by atoms with van der Waals surface area (Å²) in [6.07, 6.45) is -5.91. The first-order chi connectivity index (χ1) is 16.6. The van der Waals surface area contributed by atoms with Crippen LogP contribution >= 0.6 is 11.3 Å². The van der Waals surface area contributed by atoms with Crippen LogP contribution in [0.15, 0.2) is 41.9 Å². The summed E-state index contributed by atoms with van der Waals surface area (Å²) in [7, 11) is 0.787. The molecule has 0 saturated carbocycles. The highest BCUT2D eigenvalue weighted by Gasteiger charge is 2.65. The van der Waals surface area contributed by atoms with E-state index >= 15 is 0 Å². The molecule has 36 heavy (non-hydrogen) atoms. The molecule has 0 radical (unpaired) electrons. The average Bonchev–Trinajstić information content (AvgIpc) is 3.39. The van der Waals surface area contributed by atoms with Crippen LogP contribution in [-0.2, 0) is 29.3 Å². The van der Waals surface area contributed by atoms with Crippen LogP contribution in [0.3, 0.4) is 0 Å². The van der Waals surface area contributed by atoms with Gasteiger partial charge in [0.2, 0.25) is 0 Å². The lowest BCUT2D eigenvalue weighted by molar-refractivity contribution is -0.279. The average molecular weight is 531 g/mol. The molecule has 0 aliphatic carbocycles. The summed E-state index contributed by atoms with van der Waals surface area (Å²) in [6.45, 7) is 8.11. The Kier molecular flexibility index (Phi) is 7.73. The van der Waals surface area contributed by atoms with Gasteiger partial charge in [0.15, 0.2) is 6.10 Å². The van der Waals surface area contributed by atoms with Crippen molar-refractivity contribution in [3.63, 3.8) is 0 Å². The molecule has 2 heterocycles. The third kappa shape index (κ3) is 5.35. The van der Waals surface area contributed by atoms with Crippen molar-refractivity contribution in [3.8, 4) is 0 Å². The molecule has 3 rings (SSSR count). The molecule has 0 spiro atoms. The summed E-state index contributed by atoms with van der Waals surface area (Å²) < 4.78 is 65.1. The van der Waals surface area contributed by atoms with Gasteiger partial charge in [0.1, 0.15) is 22.4 Å². The van der Waals surface area contributed by atoms with Gasteiger partial charge in [-0.25, -0.2) is 14.6 Å². The maximum absolute atomic E-state index is 14.4. The molecule has 1 amide bonds. The molecule has 0 unspecified atom stereocenters. The van der Waals surface area contributed by atoms with Gasteiger partial charge < -0.3 is 18.9 Å². The minimum absolute atomic E-state index is 0.138. The minimum Gasteiger partial charge on any atom is -0.450 e. The number of nitrogens with zero attached hydrogens (tertiary/aromatic N) is 2. The van der Waals surface area contributed by atoms with Crippen LogP contribution in [0, 0.1) is 0 Å². The summed E-state index contributed by atoms with van der Waals surface area (Å²) in [5, 5.41) is 1.77. The zero-order chi connectivity index (χ0) is 26.9. The number of hydrogen-bond donors (Lipinski definition) is 0. The number of alkyl halides is 3. The quantitative estimate of drug-likeness (QED) is 0.474. The summed E-state index contributed by atoms with van der Waals surface area (Å²) in [6, 6.07) is 5.47. The lowest BCUT2D eigenvalue weighted by Gasteiger charge is -2.38. The highest BCUT2D eigenvalue weighted by atomic mass is 32.1. The van der Waals surface area contributed by atoms with Crippen LogP contribution in [0.1, 0.15) is 51.3 Å². The standard InChI is InChI=1S/C24H29F3N2O6S/c1-21(2,3)35-20(31)29-16(14-33-22(29,4)5)17(18-28-12-13-36-18)34-19(30)23(32-6,24(25,26)27)15-10-8-7-9-11-15/h7-13,16-17H,14H2,1-6H3/t16-,17+,23-/m1/s1. The van der Waals surface area contributed by atoms with Crippen molar-refractivity contribution in [1.82, 2.24) is 9.88 Å². The lowest BCUT2D eigenvalue weighted by atomic mass is 9.92. The molecule has 8 nitrogen and oxygen atoms in total. The zero-order valence-corrected chi connectivity index (χ0v) is 21.6. The number of thiazole rings is 1. The third-order valence-electron chi connectivity index (χ3n) is 5.56. The second-order valence-corrected chi connectivity index (χ2v) is 10.5. The molecule has 3 atom stereocenters. The van der Waals surface area contributed by atoms with Gasteiger partial charge >= 0.3 is 18.2 Å². The molecule has 198 valence electrons. The van der Waals surface area contributed by atoms with Crippen molar-refractivity contribution in [2.24, 2.45) is 0 Å². The Morgan fingerprint density at radius 2 is 1.83 bits per heavy atom. The Bertz CT molecular complexity index is 1060. The predicted octanol–water partition coefficient (Wildman–Crippen LogP) is 5.20. The topological polar surface area (TPSA) is 87.2 Å². The number of hydrogen-bond acceptors (Lipinski definition) is 8. The fourth-order valence-electron chi connectivity index (χ4n) is 3.98. The Labute approximate surface area is 211 Å². The molecule has 2 aromatic rings. The SMILES string of the molecule is CO[C@@](C(=O)O[C@H](c1nccs1)[C@H]1COC(C)(C)N1C(=O)OC(C)(C)C)(c1ccccc1)C(F)(F)F. The number of amides is 1. The number of methoxy groups -OCH3 is 1. The van der Waals surface area contributed by atoms with E-state index in [2.05, 4.69) is 4.98 Å². The van der Waals surface area contributed by atoms with E-state index in [-0.39, 0.29) is 11.6 Å². The Balaban J connectivity index is 2.06. The van der Waals surface area contributed by atoms with Crippen LogP contribution in [0.5, 0.6) is 0 Å². The van der Waals surface area contributed by atoms with E-state index in [1.54, 1.807) is 40.0 Å². The number of benzene rings is 1. The highest BCUT2D eigenvalue weighted by molar-refractivity contribution is 7.09. The Morgan fingerprint density at radius 3 is 2.33 bits per heavy atom. The molecule has 0 N–H and O–H groups in total.